The molecule has 0 spiro atoms. The zero-order chi connectivity index (χ0) is 21.0. The molecular weight excluding hydrogens is 376 g/mol. The molecule has 0 radical (unpaired) electrons. The first kappa shape index (κ1) is 23.0. The molecule has 7 nitrogen and oxygen atoms in total. The maximum absolute atomic E-state index is 5.43. The molecule has 2 aliphatic heterocycles. The van der Waals surface area contributed by atoms with E-state index in [9.17, 15) is 0 Å². The molecule has 0 aromatic heterocycles. The van der Waals surface area contributed by atoms with E-state index in [-0.39, 0.29) is 0 Å². The molecule has 2 N–H and O–H groups in total. The van der Waals surface area contributed by atoms with Crippen LogP contribution in [0.3, 0.4) is 0 Å². The lowest BCUT2D eigenvalue weighted by molar-refractivity contribution is 0.0389. The minimum Gasteiger partial charge on any atom is -0.379 e. The normalized spacial score (nSPS) is 19.7. The topological polar surface area (TPSA) is 55.4 Å². The molecule has 2 fully saturated rings. The lowest BCUT2D eigenvalue weighted by atomic mass is 10.1. The molecule has 168 valence electrons. The molecule has 0 bridgehead atoms. The summed E-state index contributed by atoms with van der Waals surface area (Å²) in [4.78, 5) is 12.4. The predicted octanol–water partition coefficient (Wildman–Crippen LogP) is 1.21. The quantitative estimate of drug-likeness (QED) is 0.466. The van der Waals surface area contributed by atoms with Crippen LogP contribution in [0.5, 0.6) is 0 Å². The summed E-state index contributed by atoms with van der Waals surface area (Å²) < 4.78 is 5.43. The van der Waals surface area contributed by atoms with Gasteiger partial charge in [-0.05, 0) is 24.6 Å². The van der Waals surface area contributed by atoms with Gasteiger partial charge in [-0.2, -0.15) is 0 Å². The molecule has 1 aromatic rings. The second-order valence-electron chi connectivity index (χ2n) is 8.06. The highest BCUT2D eigenvalue weighted by atomic mass is 16.5. The van der Waals surface area contributed by atoms with E-state index >= 15 is 0 Å². The highest BCUT2D eigenvalue weighted by Gasteiger charge is 2.16. The van der Waals surface area contributed by atoms with Crippen molar-refractivity contribution in [1.29, 1.82) is 0 Å². The Morgan fingerprint density at radius 2 is 1.60 bits per heavy atom. The number of hydrogen-bond donors (Lipinski definition) is 2. The van der Waals surface area contributed by atoms with E-state index in [4.69, 9.17) is 9.73 Å². The number of hydrogen-bond acceptors (Lipinski definition) is 5. The average Bonchev–Trinajstić information content (AvgIpc) is 2.79. The number of likely N-dealkylation sites (N-methyl/N-ethyl adjacent to an activating group) is 1. The minimum absolute atomic E-state index is 0.706. The van der Waals surface area contributed by atoms with Gasteiger partial charge >= 0.3 is 0 Å². The summed E-state index contributed by atoms with van der Waals surface area (Å²) in [7, 11) is 0. The summed E-state index contributed by atoms with van der Waals surface area (Å²) in [6, 6.07) is 8.76. The molecule has 1 aromatic carbocycles. The number of nitrogens with one attached hydrogen (secondary N) is 2. The monoisotopic (exact) mass is 416 g/mol. The number of aliphatic imine (C=N–C) groups is 1. The maximum atomic E-state index is 5.43. The van der Waals surface area contributed by atoms with Crippen molar-refractivity contribution in [3.05, 3.63) is 35.4 Å². The number of benzene rings is 1. The van der Waals surface area contributed by atoms with E-state index in [0.29, 0.717) is 6.54 Å². The molecule has 0 unspecified atom stereocenters. The summed E-state index contributed by atoms with van der Waals surface area (Å²) in [6.45, 7) is 18.4. The molecule has 0 amide bonds. The van der Waals surface area contributed by atoms with Crippen molar-refractivity contribution in [3.63, 3.8) is 0 Å². The molecule has 7 heteroatoms. The number of guanidine groups is 1. The van der Waals surface area contributed by atoms with Crippen LogP contribution >= 0.6 is 0 Å². The summed E-state index contributed by atoms with van der Waals surface area (Å²) in [6.07, 6.45) is 0. The van der Waals surface area contributed by atoms with Crippen molar-refractivity contribution in [2.75, 3.05) is 78.7 Å². The van der Waals surface area contributed by atoms with Gasteiger partial charge in [-0.3, -0.25) is 9.80 Å². The van der Waals surface area contributed by atoms with Crippen molar-refractivity contribution in [2.45, 2.75) is 26.9 Å². The number of morpholine rings is 1. The van der Waals surface area contributed by atoms with E-state index in [1.807, 2.05) is 0 Å². The van der Waals surface area contributed by atoms with Gasteiger partial charge in [0.2, 0.25) is 0 Å². The molecule has 0 atom stereocenters. The van der Waals surface area contributed by atoms with Gasteiger partial charge in [0.15, 0.2) is 5.96 Å². The smallest absolute Gasteiger partial charge is 0.191 e. The molecule has 0 aliphatic carbocycles. The van der Waals surface area contributed by atoms with Crippen LogP contribution in [0.4, 0.5) is 0 Å². The molecule has 2 saturated heterocycles. The Kier molecular flexibility index (Phi) is 9.89. The maximum Gasteiger partial charge on any atom is 0.191 e. The third kappa shape index (κ3) is 7.54. The van der Waals surface area contributed by atoms with Crippen LogP contribution in [-0.2, 0) is 17.8 Å². The molecule has 2 aliphatic rings. The fourth-order valence-corrected chi connectivity index (χ4v) is 4.03. The van der Waals surface area contributed by atoms with E-state index in [1.165, 1.54) is 24.2 Å². The Morgan fingerprint density at radius 1 is 0.900 bits per heavy atom. The van der Waals surface area contributed by atoms with Crippen LogP contribution in [0.15, 0.2) is 29.3 Å². The van der Waals surface area contributed by atoms with Crippen LogP contribution in [-0.4, -0.2) is 99.3 Å². The van der Waals surface area contributed by atoms with Crippen molar-refractivity contribution in [2.24, 2.45) is 4.99 Å². The van der Waals surface area contributed by atoms with Gasteiger partial charge < -0.3 is 20.3 Å². The van der Waals surface area contributed by atoms with Gasteiger partial charge in [-0.1, -0.05) is 31.2 Å². The van der Waals surface area contributed by atoms with Gasteiger partial charge in [0.25, 0.3) is 0 Å². The summed E-state index contributed by atoms with van der Waals surface area (Å²) in [5, 5.41) is 6.87. The van der Waals surface area contributed by atoms with Gasteiger partial charge in [-0.15, -0.1) is 0 Å². The van der Waals surface area contributed by atoms with Crippen LogP contribution in [0, 0.1) is 0 Å². The number of ether oxygens (including phenoxy) is 1. The summed E-state index contributed by atoms with van der Waals surface area (Å²) in [5.41, 5.74) is 2.72. The number of rotatable bonds is 9. The first-order chi connectivity index (χ1) is 14.8. The third-order valence-corrected chi connectivity index (χ3v) is 6.00. The molecule has 3 rings (SSSR count). The van der Waals surface area contributed by atoms with E-state index < -0.39 is 0 Å². The van der Waals surface area contributed by atoms with Crippen LogP contribution in [0.1, 0.15) is 25.0 Å². The number of nitrogens with zero attached hydrogens (tertiary/aromatic N) is 4. The van der Waals surface area contributed by atoms with Crippen molar-refractivity contribution in [3.8, 4) is 0 Å². The SMILES string of the molecule is CCNC(=NCc1ccccc1CN1CCN(CC)CC1)NCCN1CCOCC1. The Balaban J connectivity index is 1.52. The summed E-state index contributed by atoms with van der Waals surface area (Å²) in [5.74, 6) is 0.900. The van der Waals surface area contributed by atoms with E-state index in [0.717, 1.165) is 78.1 Å². The van der Waals surface area contributed by atoms with Gasteiger partial charge in [0.1, 0.15) is 0 Å². The van der Waals surface area contributed by atoms with Crippen LogP contribution in [0.2, 0.25) is 0 Å². The zero-order valence-electron chi connectivity index (χ0n) is 18.9. The number of piperazine rings is 1. The van der Waals surface area contributed by atoms with Crippen molar-refractivity contribution >= 4 is 5.96 Å². The highest BCUT2D eigenvalue weighted by Crippen LogP contribution is 2.14. The lowest BCUT2D eigenvalue weighted by Gasteiger charge is -2.34. The fraction of sp³-hybridized carbons (Fsp3) is 0.696. The summed E-state index contributed by atoms with van der Waals surface area (Å²) >= 11 is 0. The second kappa shape index (κ2) is 12.9. The van der Waals surface area contributed by atoms with Crippen LogP contribution in [0.25, 0.3) is 0 Å². The first-order valence-electron chi connectivity index (χ1n) is 11.6. The average molecular weight is 417 g/mol. The van der Waals surface area contributed by atoms with Crippen molar-refractivity contribution in [1.82, 2.24) is 25.3 Å². The Hall–Kier alpha value is -1.67. The van der Waals surface area contributed by atoms with E-state index in [2.05, 4.69) is 63.4 Å². The molecular formula is C23H40N6O. The fourth-order valence-electron chi connectivity index (χ4n) is 4.03. The van der Waals surface area contributed by atoms with Gasteiger partial charge in [-0.25, -0.2) is 4.99 Å². The Morgan fingerprint density at radius 3 is 2.30 bits per heavy atom. The predicted molar refractivity (Wildman–Crippen MR) is 124 cm³/mol. The third-order valence-electron chi connectivity index (χ3n) is 6.00. The standard InChI is InChI=1S/C23H40N6O/c1-3-24-23(25-9-10-28-15-17-30-18-16-28)26-19-21-7-5-6-8-22(21)20-29-13-11-27(4-2)12-14-29/h5-8H,3-4,9-20H2,1-2H3,(H2,24,25,26). The Bertz CT molecular complexity index is 638. The van der Waals surface area contributed by atoms with Gasteiger partial charge in [0, 0.05) is 65.4 Å². The Labute approximate surface area is 182 Å². The molecule has 2 heterocycles. The largest absolute Gasteiger partial charge is 0.379 e. The minimum atomic E-state index is 0.706. The molecule has 0 saturated carbocycles. The van der Waals surface area contributed by atoms with Crippen molar-refractivity contribution < 1.29 is 4.74 Å². The van der Waals surface area contributed by atoms with E-state index in [1.54, 1.807) is 0 Å². The van der Waals surface area contributed by atoms with Crippen LogP contribution < -0.4 is 10.6 Å². The molecule has 30 heavy (non-hydrogen) atoms. The highest BCUT2D eigenvalue weighted by molar-refractivity contribution is 5.79. The lowest BCUT2D eigenvalue weighted by Crippen LogP contribution is -2.45. The zero-order valence-corrected chi connectivity index (χ0v) is 18.9. The van der Waals surface area contributed by atoms with Gasteiger partial charge in [0.05, 0.1) is 19.8 Å². The first-order valence-corrected chi connectivity index (χ1v) is 11.6. The second-order valence-corrected chi connectivity index (χ2v) is 8.06.